The lowest BCUT2D eigenvalue weighted by Crippen LogP contribution is -2.11. The Labute approximate surface area is 123 Å². The summed E-state index contributed by atoms with van der Waals surface area (Å²) < 4.78 is 0. The van der Waals surface area contributed by atoms with Crippen molar-refractivity contribution in [2.75, 3.05) is 5.32 Å². The van der Waals surface area contributed by atoms with Gasteiger partial charge >= 0.3 is 0 Å². The third-order valence-corrected chi connectivity index (χ3v) is 3.33. The normalized spacial score (nSPS) is 10.1. The topological polar surface area (TPSA) is 72.2 Å². The van der Waals surface area contributed by atoms with Crippen molar-refractivity contribution >= 4 is 33.2 Å². The standard InChI is InChI=1S/C14H11BrN2O3/c15-9-10-4-6-11(7-5-10)14(18)16-12-2-1-3-13(8-12)17(19)20/h1-8H,9H2,(H,16,18). The molecule has 6 heteroatoms. The molecule has 0 aliphatic heterocycles. The van der Waals surface area contributed by atoms with Crippen LogP contribution in [0, 0.1) is 10.1 Å². The van der Waals surface area contributed by atoms with Gasteiger partial charge < -0.3 is 5.32 Å². The van der Waals surface area contributed by atoms with E-state index in [4.69, 9.17) is 0 Å². The number of nitrogens with zero attached hydrogens (tertiary/aromatic N) is 1. The summed E-state index contributed by atoms with van der Waals surface area (Å²) in [6.07, 6.45) is 0. The highest BCUT2D eigenvalue weighted by molar-refractivity contribution is 9.08. The molecule has 0 spiro atoms. The lowest BCUT2D eigenvalue weighted by Gasteiger charge is -2.05. The van der Waals surface area contributed by atoms with Gasteiger partial charge in [0.2, 0.25) is 0 Å². The Morgan fingerprint density at radius 1 is 1.20 bits per heavy atom. The number of amides is 1. The first kappa shape index (κ1) is 14.2. The Kier molecular flexibility index (Phi) is 4.47. The number of nitrogens with one attached hydrogen (secondary N) is 1. The molecule has 1 N–H and O–H groups in total. The molecule has 0 aliphatic rings. The minimum atomic E-state index is -0.500. The molecule has 0 heterocycles. The summed E-state index contributed by atoms with van der Waals surface area (Å²) in [7, 11) is 0. The van der Waals surface area contributed by atoms with Crippen molar-refractivity contribution in [2.24, 2.45) is 0 Å². The summed E-state index contributed by atoms with van der Waals surface area (Å²) >= 11 is 3.33. The van der Waals surface area contributed by atoms with Crippen LogP contribution in [0.3, 0.4) is 0 Å². The van der Waals surface area contributed by atoms with E-state index in [1.165, 1.54) is 18.2 Å². The summed E-state index contributed by atoms with van der Waals surface area (Å²) in [6.45, 7) is 0. The van der Waals surface area contributed by atoms with E-state index in [0.29, 0.717) is 11.3 Å². The van der Waals surface area contributed by atoms with Crippen molar-refractivity contribution in [2.45, 2.75) is 5.33 Å². The molecule has 0 saturated carbocycles. The molecule has 2 aromatic carbocycles. The van der Waals surface area contributed by atoms with Gasteiger partial charge in [-0.25, -0.2) is 0 Å². The van der Waals surface area contributed by atoms with E-state index in [-0.39, 0.29) is 11.6 Å². The first-order chi connectivity index (χ1) is 9.60. The molecule has 0 unspecified atom stereocenters. The summed E-state index contributed by atoms with van der Waals surface area (Å²) in [5.41, 5.74) is 1.91. The Morgan fingerprint density at radius 2 is 1.90 bits per heavy atom. The average molecular weight is 335 g/mol. The fourth-order valence-electron chi connectivity index (χ4n) is 1.65. The summed E-state index contributed by atoms with van der Waals surface area (Å²) in [6, 6.07) is 12.9. The van der Waals surface area contributed by atoms with E-state index in [0.717, 1.165) is 10.9 Å². The molecule has 0 aliphatic carbocycles. The SMILES string of the molecule is O=C(Nc1cccc([N+](=O)[O-])c1)c1ccc(CBr)cc1. The Morgan fingerprint density at radius 3 is 2.50 bits per heavy atom. The number of hydrogen-bond donors (Lipinski definition) is 1. The van der Waals surface area contributed by atoms with Gasteiger partial charge in [0.1, 0.15) is 0 Å². The lowest BCUT2D eigenvalue weighted by molar-refractivity contribution is -0.384. The highest BCUT2D eigenvalue weighted by Crippen LogP contribution is 2.18. The van der Waals surface area contributed by atoms with Gasteiger partial charge in [0.15, 0.2) is 0 Å². The molecule has 2 aromatic rings. The Bertz CT molecular complexity index is 641. The second-order valence-electron chi connectivity index (χ2n) is 4.09. The molecule has 0 aromatic heterocycles. The molecule has 2 rings (SSSR count). The predicted molar refractivity (Wildman–Crippen MR) is 80.1 cm³/mol. The van der Waals surface area contributed by atoms with Gasteiger partial charge in [0.25, 0.3) is 11.6 Å². The van der Waals surface area contributed by atoms with Crippen molar-refractivity contribution in [1.29, 1.82) is 0 Å². The van der Waals surface area contributed by atoms with Crippen LogP contribution >= 0.6 is 15.9 Å². The zero-order valence-electron chi connectivity index (χ0n) is 10.4. The number of benzene rings is 2. The van der Waals surface area contributed by atoms with Crippen LogP contribution in [0.15, 0.2) is 48.5 Å². The maximum atomic E-state index is 12.0. The highest BCUT2D eigenvalue weighted by atomic mass is 79.9. The van der Waals surface area contributed by atoms with Gasteiger partial charge in [-0.1, -0.05) is 34.1 Å². The van der Waals surface area contributed by atoms with Crippen LogP contribution < -0.4 is 5.32 Å². The molecule has 102 valence electrons. The van der Waals surface area contributed by atoms with Crippen LogP contribution in [-0.4, -0.2) is 10.8 Å². The number of rotatable bonds is 4. The molecule has 1 amide bonds. The van der Waals surface area contributed by atoms with E-state index in [1.54, 1.807) is 18.2 Å². The molecular weight excluding hydrogens is 324 g/mol. The molecule has 0 atom stereocenters. The number of alkyl halides is 1. The molecular formula is C14H11BrN2O3. The fourth-order valence-corrected chi connectivity index (χ4v) is 2.02. The van der Waals surface area contributed by atoms with Gasteiger partial charge in [0.05, 0.1) is 4.92 Å². The third-order valence-electron chi connectivity index (χ3n) is 2.69. The first-order valence-electron chi connectivity index (χ1n) is 5.81. The van der Waals surface area contributed by atoms with Crippen molar-refractivity contribution in [1.82, 2.24) is 0 Å². The van der Waals surface area contributed by atoms with Crippen LogP contribution in [0.5, 0.6) is 0 Å². The summed E-state index contributed by atoms with van der Waals surface area (Å²) in [5, 5.41) is 14.0. The Hall–Kier alpha value is -2.21. The van der Waals surface area contributed by atoms with Gasteiger partial charge in [-0.05, 0) is 23.8 Å². The zero-order valence-corrected chi connectivity index (χ0v) is 12.0. The third kappa shape index (κ3) is 3.42. The monoisotopic (exact) mass is 334 g/mol. The molecule has 0 saturated heterocycles. The van der Waals surface area contributed by atoms with Crippen LogP contribution in [0.25, 0.3) is 0 Å². The Balaban J connectivity index is 2.14. The largest absolute Gasteiger partial charge is 0.322 e. The van der Waals surface area contributed by atoms with E-state index < -0.39 is 4.92 Å². The zero-order chi connectivity index (χ0) is 14.5. The number of anilines is 1. The number of hydrogen-bond acceptors (Lipinski definition) is 3. The number of nitro groups is 1. The molecule has 0 bridgehead atoms. The minimum absolute atomic E-state index is 0.0579. The number of carbonyl (C=O) groups excluding carboxylic acids is 1. The quantitative estimate of drug-likeness (QED) is 0.525. The van der Waals surface area contributed by atoms with Gasteiger partial charge in [-0.15, -0.1) is 0 Å². The maximum absolute atomic E-state index is 12.0. The smallest absolute Gasteiger partial charge is 0.271 e. The van der Waals surface area contributed by atoms with Crippen molar-refractivity contribution in [3.05, 3.63) is 69.8 Å². The first-order valence-corrected chi connectivity index (χ1v) is 6.93. The van der Waals surface area contributed by atoms with Crippen molar-refractivity contribution < 1.29 is 9.72 Å². The average Bonchev–Trinajstić information content (AvgIpc) is 2.47. The van der Waals surface area contributed by atoms with Gasteiger partial charge in [-0.3, -0.25) is 14.9 Å². The van der Waals surface area contributed by atoms with Crippen molar-refractivity contribution in [3.63, 3.8) is 0 Å². The number of nitro benzene ring substituents is 1. The van der Waals surface area contributed by atoms with Crippen LogP contribution in [0.4, 0.5) is 11.4 Å². The van der Waals surface area contributed by atoms with Crippen LogP contribution in [0.2, 0.25) is 0 Å². The molecule has 0 radical (unpaired) electrons. The van der Waals surface area contributed by atoms with E-state index in [2.05, 4.69) is 21.2 Å². The second kappa shape index (κ2) is 6.29. The molecule has 20 heavy (non-hydrogen) atoms. The van der Waals surface area contributed by atoms with Crippen LogP contribution in [0.1, 0.15) is 15.9 Å². The predicted octanol–water partition coefficient (Wildman–Crippen LogP) is 3.74. The minimum Gasteiger partial charge on any atom is -0.322 e. The van der Waals surface area contributed by atoms with Crippen molar-refractivity contribution in [3.8, 4) is 0 Å². The van der Waals surface area contributed by atoms with E-state index >= 15 is 0 Å². The van der Waals surface area contributed by atoms with Gasteiger partial charge in [0, 0.05) is 28.7 Å². The molecule has 0 fully saturated rings. The van der Waals surface area contributed by atoms with Crippen LogP contribution in [-0.2, 0) is 5.33 Å². The maximum Gasteiger partial charge on any atom is 0.271 e. The number of halogens is 1. The molecule has 5 nitrogen and oxygen atoms in total. The van der Waals surface area contributed by atoms with E-state index in [1.807, 2.05) is 12.1 Å². The second-order valence-corrected chi connectivity index (χ2v) is 4.65. The number of non-ortho nitro benzene ring substituents is 1. The fraction of sp³-hybridized carbons (Fsp3) is 0.0714. The summed E-state index contributed by atoms with van der Waals surface area (Å²) in [5.74, 6) is -0.299. The summed E-state index contributed by atoms with van der Waals surface area (Å²) in [4.78, 5) is 22.2. The lowest BCUT2D eigenvalue weighted by atomic mass is 10.1. The highest BCUT2D eigenvalue weighted by Gasteiger charge is 2.09. The number of carbonyl (C=O) groups is 1. The van der Waals surface area contributed by atoms with E-state index in [9.17, 15) is 14.9 Å². The van der Waals surface area contributed by atoms with Gasteiger partial charge in [-0.2, -0.15) is 0 Å².